The van der Waals surface area contributed by atoms with Gasteiger partial charge in [0, 0.05) is 34.1 Å². The Balaban J connectivity index is 1.04. The average molecular weight is 889 g/mol. The summed E-state index contributed by atoms with van der Waals surface area (Å²) in [6.07, 6.45) is 0. The van der Waals surface area contributed by atoms with Crippen LogP contribution >= 0.6 is 0 Å². The van der Waals surface area contributed by atoms with Crippen molar-refractivity contribution < 1.29 is 0 Å². The van der Waals surface area contributed by atoms with E-state index in [0.29, 0.717) is 0 Å². The standard InChI is InChI=1S/C68H44N2/c1-5-21-45(22-6-1)69(46-23-7-2-8-24-46)49-37-39-55-57-43-66-58(44-65(57)67(63(55)41-49)59-33-17-13-29-51(59)52-30-14-18-34-60(52)67)56-40-38-50(70(47-25-9-3-10-26-47)48-27-11-4-12-28-48)42-64(56)68(66)61-35-19-15-31-53(61)54-32-16-20-36-62(54)68/h1-44H. The molecule has 0 saturated heterocycles. The van der Waals surface area contributed by atoms with Gasteiger partial charge in [-0.05, 0) is 174 Å². The number of hydrogen-bond acceptors (Lipinski definition) is 2. The van der Waals surface area contributed by atoms with Gasteiger partial charge in [0.2, 0.25) is 0 Å². The van der Waals surface area contributed by atoms with Gasteiger partial charge in [-0.1, -0.05) is 182 Å². The van der Waals surface area contributed by atoms with Crippen LogP contribution in [0.1, 0.15) is 44.5 Å². The summed E-state index contributed by atoms with van der Waals surface area (Å²) in [4.78, 5) is 4.82. The first-order valence-corrected chi connectivity index (χ1v) is 24.4. The van der Waals surface area contributed by atoms with E-state index >= 15 is 0 Å². The highest BCUT2D eigenvalue weighted by Gasteiger charge is 2.56. The van der Waals surface area contributed by atoms with Crippen molar-refractivity contribution in [3.63, 3.8) is 0 Å². The van der Waals surface area contributed by atoms with Crippen LogP contribution in [0.25, 0.3) is 44.5 Å². The summed E-state index contributed by atoms with van der Waals surface area (Å²) in [7, 11) is 0. The predicted octanol–water partition coefficient (Wildman–Crippen LogP) is 17.3. The molecule has 0 aliphatic heterocycles. The normalized spacial score (nSPS) is 13.9. The number of hydrogen-bond donors (Lipinski definition) is 0. The molecule has 4 aliphatic carbocycles. The van der Waals surface area contributed by atoms with Crippen LogP contribution in [0, 0.1) is 0 Å². The minimum atomic E-state index is -0.569. The molecule has 0 heterocycles. The highest BCUT2D eigenvalue weighted by molar-refractivity contribution is 6.02. The molecule has 2 nitrogen and oxygen atoms in total. The molecule has 0 N–H and O–H groups in total. The average Bonchev–Trinajstić information content (AvgIpc) is 4.10. The SMILES string of the molecule is c1ccc(N(c2ccccc2)c2ccc3c(c2)C2(c4ccccc4-c4ccccc42)c2cc4c(cc2-3)C2(c3ccccc3-c3ccccc32)c2cc(N(c3ccccc3)c3ccccc3)ccc2-4)cc1. The summed E-state index contributed by atoms with van der Waals surface area (Å²) in [5, 5.41) is 0. The third kappa shape index (κ3) is 5.12. The lowest BCUT2D eigenvalue weighted by molar-refractivity contribution is 0.783. The Kier molecular flexibility index (Phi) is 8.24. The Labute approximate surface area is 408 Å². The molecule has 15 rings (SSSR count). The maximum atomic E-state index is 2.62. The zero-order valence-electron chi connectivity index (χ0n) is 38.3. The molecule has 0 radical (unpaired) electrons. The first-order chi connectivity index (χ1) is 34.7. The molecular formula is C68H44N2. The van der Waals surface area contributed by atoms with E-state index < -0.39 is 10.8 Å². The van der Waals surface area contributed by atoms with Crippen molar-refractivity contribution in [1.82, 2.24) is 0 Å². The van der Waals surface area contributed by atoms with Crippen LogP contribution in [0.5, 0.6) is 0 Å². The first kappa shape index (κ1) is 39.1. The number of anilines is 6. The molecule has 11 aromatic carbocycles. The van der Waals surface area contributed by atoms with Crippen molar-refractivity contribution in [1.29, 1.82) is 0 Å². The van der Waals surface area contributed by atoms with E-state index in [0.717, 1.165) is 34.1 Å². The van der Waals surface area contributed by atoms with E-state index in [4.69, 9.17) is 0 Å². The molecule has 0 bridgehead atoms. The van der Waals surface area contributed by atoms with E-state index in [1.54, 1.807) is 0 Å². The van der Waals surface area contributed by atoms with E-state index in [-0.39, 0.29) is 0 Å². The second kappa shape index (κ2) is 14.8. The van der Waals surface area contributed by atoms with Gasteiger partial charge in [0.25, 0.3) is 0 Å². The first-order valence-electron chi connectivity index (χ1n) is 24.4. The van der Waals surface area contributed by atoms with Gasteiger partial charge in [0.15, 0.2) is 0 Å². The van der Waals surface area contributed by atoms with Gasteiger partial charge in [0.05, 0.1) is 10.8 Å². The highest BCUT2D eigenvalue weighted by Crippen LogP contribution is 2.68. The van der Waals surface area contributed by atoms with Gasteiger partial charge < -0.3 is 9.80 Å². The van der Waals surface area contributed by atoms with Gasteiger partial charge in [-0.2, -0.15) is 0 Å². The largest absolute Gasteiger partial charge is 0.310 e. The lowest BCUT2D eigenvalue weighted by atomic mass is 9.68. The Morgan fingerprint density at radius 3 is 0.714 bits per heavy atom. The number of fused-ring (bicyclic) bond motifs is 20. The van der Waals surface area contributed by atoms with Crippen LogP contribution in [0.2, 0.25) is 0 Å². The molecule has 0 atom stereocenters. The van der Waals surface area contributed by atoms with Crippen LogP contribution in [0.15, 0.2) is 267 Å². The molecule has 0 unspecified atom stereocenters. The molecule has 70 heavy (non-hydrogen) atoms. The number of para-hydroxylation sites is 4. The lowest BCUT2D eigenvalue weighted by Gasteiger charge is -2.33. The molecule has 0 saturated carbocycles. The Morgan fingerprint density at radius 2 is 0.414 bits per heavy atom. The smallest absolute Gasteiger partial charge is 0.0726 e. The van der Waals surface area contributed by atoms with E-state index in [2.05, 4.69) is 277 Å². The summed E-state index contributed by atoms with van der Waals surface area (Å²) >= 11 is 0. The number of rotatable bonds is 6. The highest BCUT2D eigenvalue weighted by atomic mass is 15.1. The molecule has 0 amide bonds. The number of benzene rings is 11. The fraction of sp³-hybridized carbons (Fsp3) is 0.0294. The van der Waals surface area contributed by atoms with E-state index in [1.807, 2.05) is 0 Å². The van der Waals surface area contributed by atoms with E-state index in [1.165, 1.54) is 89.0 Å². The minimum Gasteiger partial charge on any atom is -0.310 e. The van der Waals surface area contributed by atoms with Crippen molar-refractivity contribution in [3.05, 3.63) is 311 Å². The summed E-state index contributed by atoms with van der Waals surface area (Å²) < 4.78 is 0. The van der Waals surface area contributed by atoms with Crippen molar-refractivity contribution in [2.45, 2.75) is 10.8 Å². The van der Waals surface area contributed by atoms with Crippen LogP contribution in [0.3, 0.4) is 0 Å². The lowest BCUT2D eigenvalue weighted by Crippen LogP contribution is -2.27. The maximum absolute atomic E-state index is 2.62. The Morgan fingerprint density at radius 1 is 0.171 bits per heavy atom. The van der Waals surface area contributed by atoms with Crippen LogP contribution in [-0.4, -0.2) is 0 Å². The molecule has 2 heteroatoms. The van der Waals surface area contributed by atoms with Crippen LogP contribution in [-0.2, 0) is 10.8 Å². The Bertz CT molecular complexity index is 3470. The van der Waals surface area contributed by atoms with Crippen molar-refractivity contribution in [2.75, 3.05) is 9.80 Å². The molecule has 0 aromatic heterocycles. The fourth-order valence-corrected chi connectivity index (χ4v) is 13.2. The number of nitrogens with zero attached hydrogens (tertiary/aromatic N) is 2. The zero-order chi connectivity index (χ0) is 46.0. The van der Waals surface area contributed by atoms with E-state index in [9.17, 15) is 0 Å². The minimum absolute atomic E-state index is 0.569. The third-order valence-electron chi connectivity index (χ3n) is 15.8. The summed E-state index contributed by atoms with van der Waals surface area (Å²) in [5.74, 6) is 0. The van der Waals surface area contributed by atoms with Crippen molar-refractivity contribution >= 4 is 34.1 Å². The van der Waals surface area contributed by atoms with Gasteiger partial charge in [0.1, 0.15) is 0 Å². The molecule has 2 spiro atoms. The quantitative estimate of drug-likeness (QED) is 0.164. The zero-order valence-corrected chi connectivity index (χ0v) is 38.3. The van der Waals surface area contributed by atoms with Crippen LogP contribution in [0.4, 0.5) is 34.1 Å². The molecule has 0 fully saturated rings. The Hall–Kier alpha value is -8.98. The summed E-state index contributed by atoms with van der Waals surface area (Å²) in [5.41, 5.74) is 26.6. The fourth-order valence-electron chi connectivity index (χ4n) is 13.2. The summed E-state index contributed by atoms with van der Waals surface area (Å²) in [6.45, 7) is 0. The summed E-state index contributed by atoms with van der Waals surface area (Å²) in [6, 6.07) is 99.7. The maximum Gasteiger partial charge on any atom is 0.0726 e. The van der Waals surface area contributed by atoms with Crippen molar-refractivity contribution in [3.8, 4) is 44.5 Å². The van der Waals surface area contributed by atoms with Crippen LogP contribution < -0.4 is 9.80 Å². The molecule has 11 aromatic rings. The third-order valence-corrected chi connectivity index (χ3v) is 15.8. The predicted molar refractivity (Wildman–Crippen MR) is 288 cm³/mol. The molecule has 4 aliphatic rings. The van der Waals surface area contributed by atoms with Gasteiger partial charge in [-0.3, -0.25) is 0 Å². The van der Waals surface area contributed by atoms with Crippen molar-refractivity contribution in [2.24, 2.45) is 0 Å². The van der Waals surface area contributed by atoms with Gasteiger partial charge in [-0.15, -0.1) is 0 Å². The topological polar surface area (TPSA) is 6.48 Å². The van der Waals surface area contributed by atoms with Gasteiger partial charge in [-0.25, -0.2) is 0 Å². The molecular weight excluding hydrogens is 845 g/mol. The monoisotopic (exact) mass is 888 g/mol. The second-order valence-corrected chi connectivity index (χ2v) is 19.1. The molecule has 326 valence electrons. The second-order valence-electron chi connectivity index (χ2n) is 19.1. The van der Waals surface area contributed by atoms with Gasteiger partial charge >= 0.3 is 0 Å².